The quantitative estimate of drug-likeness (QED) is 0.643. The van der Waals surface area contributed by atoms with Crippen LogP contribution < -0.4 is 14.2 Å². The topological polar surface area (TPSA) is 68.3 Å². The third-order valence-electron chi connectivity index (χ3n) is 6.94. The first-order valence-electron chi connectivity index (χ1n) is 11.8. The van der Waals surface area contributed by atoms with Crippen molar-refractivity contribution in [2.75, 3.05) is 20.4 Å². The van der Waals surface area contributed by atoms with Crippen molar-refractivity contribution < 1.29 is 23.8 Å². The largest absolute Gasteiger partial charge is 0.497 e. The first kappa shape index (κ1) is 21.6. The summed E-state index contributed by atoms with van der Waals surface area (Å²) in [7, 11) is 1.62. The Hall–Kier alpha value is -3.22. The van der Waals surface area contributed by atoms with Gasteiger partial charge in [-0.05, 0) is 48.2 Å². The van der Waals surface area contributed by atoms with Crippen LogP contribution in [0.3, 0.4) is 0 Å². The Balaban J connectivity index is 1.46. The molecule has 5 rings (SSSR count). The van der Waals surface area contributed by atoms with Crippen molar-refractivity contribution >= 4 is 11.8 Å². The molecule has 7 heteroatoms. The molecule has 2 heterocycles. The van der Waals surface area contributed by atoms with E-state index in [1.54, 1.807) is 12.0 Å². The zero-order valence-electron chi connectivity index (χ0n) is 19.0. The average molecular weight is 451 g/mol. The lowest BCUT2D eigenvalue weighted by molar-refractivity contribution is -0.159. The minimum absolute atomic E-state index is 0.00686. The lowest BCUT2D eigenvalue weighted by Gasteiger charge is -2.43. The molecular formula is C26H30N2O5. The Morgan fingerprint density at radius 2 is 1.67 bits per heavy atom. The van der Waals surface area contributed by atoms with Crippen molar-refractivity contribution in [1.29, 1.82) is 0 Å². The normalized spacial score (nSPS) is 21.3. The number of methoxy groups -OCH3 is 1. The number of hydrogen-bond donors (Lipinski definition) is 0. The third-order valence-corrected chi connectivity index (χ3v) is 6.94. The van der Waals surface area contributed by atoms with E-state index in [9.17, 15) is 9.59 Å². The number of rotatable bonds is 5. The van der Waals surface area contributed by atoms with E-state index in [0.29, 0.717) is 18.0 Å². The first-order chi connectivity index (χ1) is 16.1. The Bertz CT molecular complexity index is 1010. The van der Waals surface area contributed by atoms with Gasteiger partial charge in [0.15, 0.2) is 11.5 Å². The van der Waals surface area contributed by atoms with Crippen molar-refractivity contribution in [3.63, 3.8) is 0 Å². The van der Waals surface area contributed by atoms with Crippen LogP contribution in [0.1, 0.15) is 55.7 Å². The fraction of sp³-hybridized carbons (Fsp3) is 0.462. The van der Waals surface area contributed by atoms with E-state index in [4.69, 9.17) is 14.2 Å². The molecule has 2 aromatic carbocycles. The van der Waals surface area contributed by atoms with Gasteiger partial charge in [0.25, 0.3) is 5.91 Å². The predicted octanol–water partition coefficient (Wildman–Crippen LogP) is 4.06. The summed E-state index contributed by atoms with van der Waals surface area (Å²) in [6, 6.07) is 12.6. The van der Waals surface area contributed by atoms with Gasteiger partial charge in [0.2, 0.25) is 12.7 Å². The van der Waals surface area contributed by atoms with E-state index in [1.165, 1.54) is 12.8 Å². The van der Waals surface area contributed by atoms with Crippen molar-refractivity contribution in [3.05, 3.63) is 53.6 Å². The molecular weight excluding hydrogens is 420 g/mol. The van der Waals surface area contributed by atoms with Crippen LogP contribution >= 0.6 is 0 Å². The van der Waals surface area contributed by atoms with Gasteiger partial charge in [-0.2, -0.15) is 0 Å². The Morgan fingerprint density at radius 1 is 0.939 bits per heavy atom. The van der Waals surface area contributed by atoms with Crippen LogP contribution in [-0.4, -0.2) is 48.1 Å². The molecule has 0 bridgehead atoms. The van der Waals surface area contributed by atoms with E-state index in [2.05, 4.69) is 0 Å². The number of carbonyl (C=O) groups is 2. The van der Waals surface area contributed by atoms with Crippen LogP contribution in [0.4, 0.5) is 0 Å². The SMILES string of the molecule is COc1ccc([C@@H]2C(=O)N(C3CCCCCC3)CC(=O)N2Cc2ccc3c(c2)OCO3)cc1. The minimum Gasteiger partial charge on any atom is -0.497 e. The van der Waals surface area contributed by atoms with Crippen LogP contribution in [0.25, 0.3) is 0 Å². The zero-order valence-corrected chi connectivity index (χ0v) is 19.0. The number of nitrogens with zero attached hydrogens (tertiary/aromatic N) is 2. The average Bonchev–Trinajstić information content (AvgIpc) is 3.14. The third kappa shape index (κ3) is 4.36. The summed E-state index contributed by atoms with van der Waals surface area (Å²) in [6.45, 7) is 0.669. The number of hydrogen-bond acceptors (Lipinski definition) is 5. The van der Waals surface area contributed by atoms with Crippen LogP contribution in [0.2, 0.25) is 0 Å². The van der Waals surface area contributed by atoms with E-state index in [0.717, 1.165) is 42.6 Å². The monoisotopic (exact) mass is 450 g/mol. The molecule has 33 heavy (non-hydrogen) atoms. The molecule has 3 aliphatic rings. The number of ether oxygens (including phenoxy) is 3. The molecule has 0 N–H and O–H groups in total. The molecule has 7 nitrogen and oxygen atoms in total. The van der Waals surface area contributed by atoms with Crippen LogP contribution in [-0.2, 0) is 16.1 Å². The van der Waals surface area contributed by atoms with Crippen LogP contribution in [0.5, 0.6) is 17.2 Å². The van der Waals surface area contributed by atoms with Crippen molar-refractivity contribution in [1.82, 2.24) is 9.80 Å². The molecule has 1 saturated heterocycles. The van der Waals surface area contributed by atoms with Gasteiger partial charge in [-0.15, -0.1) is 0 Å². The molecule has 0 radical (unpaired) electrons. The summed E-state index contributed by atoms with van der Waals surface area (Å²) >= 11 is 0. The molecule has 2 fully saturated rings. The molecule has 2 amide bonds. The Morgan fingerprint density at radius 3 is 2.39 bits per heavy atom. The highest BCUT2D eigenvalue weighted by atomic mass is 16.7. The van der Waals surface area contributed by atoms with Crippen molar-refractivity contribution in [2.24, 2.45) is 0 Å². The zero-order chi connectivity index (χ0) is 22.8. The molecule has 0 unspecified atom stereocenters. The Labute approximate surface area is 194 Å². The maximum Gasteiger partial charge on any atom is 0.250 e. The fourth-order valence-corrected chi connectivity index (χ4v) is 5.15. The van der Waals surface area contributed by atoms with Gasteiger partial charge in [-0.25, -0.2) is 0 Å². The predicted molar refractivity (Wildman–Crippen MR) is 122 cm³/mol. The lowest BCUT2D eigenvalue weighted by atomic mass is 9.97. The van der Waals surface area contributed by atoms with E-state index >= 15 is 0 Å². The molecule has 1 aliphatic carbocycles. The van der Waals surface area contributed by atoms with Gasteiger partial charge < -0.3 is 24.0 Å². The second-order valence-electron chi connectivity index (χ2n) is 9.00. The summed E-state index contributed by atoms with van der Waals surface area (Å²) < 4.78 is 16.2. The molecule has 2 aromatic rings. The van der Waals surface area contributed by atoms with Gasteiger partial charge in [0, 0.05) is 12.6 Å². The highest BCUT2D eigenvalue weighted by Gasteiger charge is 2.42. The van der Waals surface area contributed by atoms with E-state index in [1.807, 2.05) is 47.4 Å². The number of benzene rings is 2. The molecule has 1 atom stereocenters. The molecule has 174 valence electrons. The maximum absolute atomic E-state index is 13.9. The highest BCUT2D eigenvalue weighted by molar-refractivity contribution is 5.95. The van der Waals surface area contributed by atoms with Gasteiger partial charge in [-0.1, -0.05) is 43.9 Å². The van der Waals surface area contributed by atoms with Gasteiger partial charge in [-0.3, -0.25) is 9.59 Å². The minimum atomic E-state index is -0.661. The second-order valence-corrected chi connectivity index (χ2v) is 9.00. The number of carbonyl (C=O) groups excluding carboxylic acids is 2. The summed E-state index contributed by atoms with van der Waals surface area (Å²) in [5.74, 6) is 2.07. The fourth-order valence-electron chi connectivity index (χ4n) is 5.15. The Kier molecular flexibility index (Phi) is 6.11. The van der Waals surface area contributed by atoms with Crippen molar-refractivity contribution in [3.8, 4) is 17.2 Å². The maximum atomic E-state index is 13.9. The summed E-state index contributed by atoms with van der Waals surface area (Å²) in [4.78, 5) is 30.9. The van der Waals surface area contributed by atoms with E-state index in [-0.39, 0.29) is 31.2 Å². The first-order valence-corrected chi connectivity index (χ1v) is 11.8. The van der Waals surface area contributed by atoms with Gasteiger partial charge in [0.1, 0.15) is 18.3 Å². The van der Waals surface area contributed by atoms with Gasteiger partial charge >= 0.3 is 0 Å². The summed E-state index contributed by atoms with van der Waals surface area (Å²) in [6.07, 6.45) is 6.55. The standard InChI is InChI=1S/C26H30N2O5/c1-31-21-11-9-19(10-12-21)25-26(30)27(20-6-4-2-3-5-7-20)16-24(29)28(25)15-18-8-13-22-23(14-18)33-17-32-22/h8-14,20,25H,2-7,15-17H2,1H3/t25-/m1/s1. The summed E-state index contributed by atoms with van der Waals surface area (Å²) in [5.41, 5.74) is 1.70. The molecule has 0 spiro atoms. The molecule has 2 aliphatic heterocycles. The smallest absolute Gasteiger partial charge is 0.250 e. The van der Waals surface area contributed by atoms with Crippen molar-refractivity contribution in [2.45, 2.75) is 57.2 Å². The molecule has 1 saturated carbocycles. The number of amides is 2. The number of fused-ring (bicyclic) bond motifs is 1. The van der Waals surface area contributed by atoms with E-state index < -0.39 is 6.04 Å². The number of piperazine rings is 1. The lowest BCUT2D eigenvalue weighted by Crippen LogP contribution is -2.57. The molecule has 0 aromatic heterocycles. The second kappa shape index (κ2) is 9.33. The summed E-state index contributed by atoms with van der Waals surface area (Å²) in [5, 5.41) is 0. The highest BCUT2D eigenvalue weighted by Crippen LogP contribution is 2.36. The van der Waals surface area contributed by atoms with Crippen LogP contribution in [0, 0.1) is 0 Å². The van der Waals surface area contributed by atoms with Crippen LogP contribution in [0.15, 0.2) is 42.5 Å². The van der Waals surface area contributed by atoms with Gasteiger partial charge in [0.05, 0.1) is 7.11 Å².